The lowest BCUT2D eigenvalue weighted by Crippen LogP contribution is -2.31. The molecule has 6 nitrogen and oxygen atoms in total. The van der Waals surface area contributed by atoms with Crippen molar-refractivity contribution in [1.82, 2.24) is 15.4 Å². The van der Waals surface area contributed by atoms with Gasteiger partial charge in [-0.15, -0.1) is 0 Å². The molecule has 1 amide bonds. The molecule has 1 saturated heterocycles. The zero-order valence-electron chi connectivity index (χ0n) is 9.02. The predicted octanol–water partition coefficient (Wildman–Crippen LogP) is -0.391. The Morgan fingerprint density at radius 3 is 2.88 bits per heavy atom. The lowest BCUT2D eigenvalue weighted by atomic mass is 10.3. The Morgan fingerprint density at radius 2 is 2.19 bits per heavy atom. The summed E-state index contributed by atoms with van der Waals surface area (Å²) in [5.74, 6) is 5.68. The fraction of sp³-hybridized carbons (Fsp3) is 0.500. The number of carbonyl (C=O) groups is 1. The summed E-state index contributed by atoms with van der Waals surface area (Å²) in [7, 11) is 0. The van der Waals surface area contributed by atoms with Crippen LogP contribution in [0.25, 0.3) is 0 Å². The van der Waals surface area contributed by atoms with Gasteiger partial charge < -0.3 is 4.90 Å². The quantitative estimate of drug-likeness (QED) is 0.412. The van der Waals surface area contributed by atoms with Crippen molar-refractivity contribution in [3.8, 4) is 0 Å². The zero-order valence-corrected chi connectivity index (χ0v) is 9.02. The van der Waals surface area contributed by atoms with Gasteiger partial charge in [0.2, 0.25) is 5.91 Å². The Labute approximate surface area is 93.8 Å². The number of rotatable bonds is 3. The standard InChI is InChI=1S/C10H15N5O/c11-14-10(16)6-8-5-9(13-7-12-8)15-3-1-2-4-15/h5,7H,1-4,6,11H2,(H,14,16). The largest absolute Gasteiger partial charge is 0.357 e. The lowest BCUT2D eigenvalue weighted by Gasteiger charge is -2.16. The molecule has 1 aromatic heterocycles. The Balaban J connectivity index is 2.09. The molecule has 6 heteroatoms. The van der Waals surface area contributed by atoms with Crippen molar-refractivity contribution < 1.29 is 4.79 Å². The molecule has 16 heavy (non-hydrogen) atoms. The van der Waals surface area contributed by atoms with Gasteiger partial charge in [-0.25, -0.2) is 15.8 Å². The van der Waals surface area contributed by atoms with E-state index in [0.29, 0.717) is 5.69 Å². The first kappa shape index (κ1) is 10.8. The van der Waals surface area contributed by atoms with Gasteiger partial charge in [0.15, 0.2) is 0 Å². The van der Waals surface area contributed by atoms with Crippen molar-refractivity contribution in [2.75, 3.05) is 18.0 Å². The summed E-state index contributed by atoms with van der Waals surface area (Å²) < 4.78 is 0. The molecule has 3 N–H and O–H groups in total. The average Bonchev–Trinajstić information content (AvgIpc) is 2.83. The SMILES string of the molecule is NNC(=O)Cc1cc(N2CCCC2)ncn1. The smallest absolute Gasteiger partial charge is 0.239 e. The van der Waals surface area contributed by atoms with Crippen LogP contribution in [0.1, 0.15) is 18.5 Å². The third kappa shape index (κ3) is 2.46. The molecule has 1 aromatic rings. The maximum atomic E-state index is 11.1. The Bertz CT molecular complexity index is 375. The number of carbonyl (C=O) groups excluding carboxylic acids is 1. The Morgan fingerprint density at radius 1 is 1.44 bits per heavy atom. The van der Waals surface area contributed by atoms with Crippen LogP contribution in [0.3, 0.4) is 0 Å². The highest BCUT2D eigenvalue weighted by atomic mass is 16.2. The summed E-state index contributed by atoms with van der Waals surface area (Å²) in [6.45, 7) is 2.05. The van der Waals surface area contributed by atoms with Crippen LogP contribution in [-0.2, 0) is 11.2 Å². The molecule has 0 atom stereocenters. The highest BCUT2D eigenvalue weighted by molar-refractivity contribution is 5.77. The van der Waals surface area contributed by atoms with Gasteiger partial charge in [0.25, 0.3) is 0 Å². The van der Waals surface area contributed by atoms with Gasteiger partial charge in [0, 0.05) is 19.2 Å². The van der Waals surface area contributed by atoms with E-state index in [0.717, 1.165) is 18.9 Å². The number of hydrazine groups is 1. The van der Waals surface area contributed by atoms with Gasteiger partial charge in [-0.1, -0.05) is 0 Å². The molecular formula is C10H15N5O. The van der Waals surface area contributed by atoms with Crippen molar-refractivity contribution in [3.05, 3.63) is 18.1 Å². The number of aromatic nitrogens is 2. The van der Waals surface area contributed by atoms with Crippen molar-refractivity contribution in [3.63, 3.8) is 0 Å². The van der Waals surface area contributed by atoms with E-state index >= 15 is 0 Å². The van der Waals surface area contributed by atoms with Crippen LogP contribution in [0.4, 0.5) is 5.82 Å². The topological polar surface area (TPSA) is 84.1 Å². The van der Waals surface area contributed by atoms with Crippen LogP contribution >= 0.6 is 0 Å². The average molecular weight is 221 g/mol. The van der Waals surface area contributed by atoms with E-state index in [9.17, 15) is 4.79 Å². The first-order valence-electron chi connectivity index (χ1n) is 5.35. The van der Waals surface area contributed by atoms with Crippen LogP contribution in [0.15, 0.2) is 12.4 Å². The summed E-state index contributed by atoms with van der Waals surface area (Å²) in [5, 5.41) is 0. The van der Waals surface area contributed by atoms with Crippen LogP contribution in [-0.4, -0.2) is 29.0 Å². The minimum atomic E-state index is -0.244. The van der Waals surface area contributed by atoms with Crippen LogP contribution in [0.2, 0.25) is 0 Å². The normalized spacial score (nSPS) is 15.2. The van der Waals surface area contributed by atoms with E-state index in [-0.39, 0.29) is 12.3 Å². The lowest BCUT2D eigenvalue weighted by molar-refractivity contribution is -0.120. The minimum Gasteiger partial charge on any atom is -0.357 e. The van der Waals surface area contributed by atoms with E-state index in [2.05, 4.69) is 20.3 Å². The number of nitrogens with two attached hydrogens (primary N) is 1. The van der Waals surface area contributed by atoms with Gasteiger partial charge in [0.05, 0.1) is 12.1 Å². The molecule has 0 saturated carbocycles. The molecule has 86 valence electrons. The molecule has 1 aliphatic heterocycles. The summed E-state index contributed by atoms with van der Waals surface area (Å²) in [6.07, 6.45) is 4.08. The Hall–Kier alpha value is -1.69. The second-order valence-corrected chi connectivity index (χ2v) is 3.81. The van der Waals surface area contributed by atoms with E-state index in [1.54, 1.807) is 0 Å². The molecule has 0 bridgehead atoms. The zero-order chi connectivity index (χ0) is 11.4. The summed E-state index contributed by atoms with van der Waals surface area (Å²) in [5.41, 5.74) is 2.78. The molecule has 0 radical (unpaired) electrons. The van der Waals surface area contributed by atoms with Crippen LogP contribution < -0.4 is 16.2 Å². The fourth-order valence-electron chi connectivity index (χ4n) is 1.82. The van der Waals surface area contributed by atoms with E-state index in [1.807, 2.05) is 6.07 Å². The molecule has 2 rings (SSSR count). The van der Waals surface area contributed by atoms with E-state index in [1.165, 1.54) is 19.2 Å². The third-order valence-electron chi connectivity index (χ3n) is 2.64. The summed E-state index contributed by atoms with van der Waals surface area (Å²) in [4.78, 5) is 21.6. The van der Waals surface area contributed by atoms with Crippen molar-refractivity contribution in [1.29, 1.82) is 0 Å². The number of hydrogen-bond donors (Lipinski definition) is 2. The number of hydrogen-bond acceptors (Lipinski definition) is 5. The maximum Gasteiger partial charge on any atom is 0.239 e. The number of nitrogens with zero attached hydrogens (tertiary/aromatic N) is 3. The molecule has 0 aromatic carbocycles. The number of amides is 1. The highest BCUT2D eigenvalue weighted by Crippen LogP contribution is 2.17. The van der Waals surface area contributed by atoms with Crippen molar-refractivity contribution in [2.24, 2.45) is 5.84 Å². The minimum absolute atomic E-state index is 0.194. The van der Waals surface area contributed by atoms with Crippen molar-refractivity contribution >= 4 is 11.7 Å². The van der Waals surface area contributed by atoms with Gasteiger partial charge in [-0.3, -0.25) is 10.2 Å². The first-order valence-corrected chi connectivity index (χ1v) is 5.35. The second-order valence-electron chi connectivity index (χ2n) is 3.81. The van der Waals surface area contributed by atoms with E-state index < -0.39 is 0 Å². The second kappa shape index (κ2) is 4.89. The monoisotopic (exact) mass is 221 g/mol. The Kier molecular flexibility index (Phi) is 3.31. The van der Waals surface area contributed by atoms with Crippen LogP contribution in [0.5, 0.6) is 0 Å². The van der Waals surface area contributed by atoms with Gasteiger partial charge >= 0.3 is 0 Å². The van der Waals surface area contributed by atoms with Gasteiger partial charge in [0.1, 0.15) is 12.1 Å². The highest BCUT2D eigenvalue weighted by Gasteiger charge is 2.14. The number of anilines is 1. The van der Waals surface area contributed by atoms with Crippen LogP contribution in [0, 0.1) is 0 Å². The summed E-state index contributed by atoms with van der Waals surface area (Å²) >= 11 is 0. The maximum absolute atomic E-state index is 11.1. The van der Waals surface area contributed by atoms with Crippen molar-refractivity contribution in [2.45, 2.75) is 19.3 Å². The molecule has 2 heterocycles. The molecule has 0 aliphatic carbocycles. The molecule has 1 fully saturated rings. The predicted molar refractivity (Wildman–Crippen MR) is 59.5 cm³/mol. The van der Waals surface area contributed by atoms with Gasteiger partial charge in [-0.2, -0.15) is 0 Å². The molecular weight excluding hydrogens is 206 g/mol. The third-order valence-corrected chi connectivity index (χ3v) is 2.64. The molecule has 0 unspecified atom stereocenters. The fourth-order valence-corrected chi connectivity index (χ4v) is 1.82. The van der Waals surface area contributed by atoms with E-state index in [4.69, 9.17) is 5.84 Å². The van der Waals surface area contributed by atoms with Gasteiger partial charge in [-0.05, 0) is 12.8 Å². The number of nitrogens with one attached hydrogen (secondary N) is 1. The first-order chi connectivity index (χ1) is 7.79. The summed E-state index contributed by atoms with van der Waals surface area (Å²) in [6, 6.07) is 1.85. The molecule has 0 spiro atoms. The molecule has 1 aliphatic rings.